The first-order valence-electron chi connectivity index (χ1n) is 16.1. The summed E-state index contributed by atoms with van der Waals surface area (Å²) in [5.41, 5.74) is 2.33. The number of nitrogens with one attached hydrogen (secondary N) is 2. The Balaban J connectivity index is 1.60. The van der Waals surface area contributed by atoms with Gasteiger partial charge in [-0.1, -0.05) is 30.3 Å². The van der Waals surface area contributed by atoms with Crippen LogP contribution in [0.15, 0.2) is 53.1 Å². The van der Waals surface area contributed by atoms with Crippen molar-refractivity contribution in [3.63, 3.8) is 0 Å². The minimum Gasteiger partial charge on any atom is -0.490 e. The van der Waals surface area contributed by atoms with Gasteiger partial charge < -0.3 is 39.5 Å². The molecule has 0 fully saturated rings. The van der Waals surface area contributed by atoms with Crippen molar-refractivity contribution in [3.8, 4) is 5.75 Å². The molecule has 0 unspecified atom stereocenters. The van der Waals surface area contributed by atoms with Gasteiger partial charge in [0.25, 0.3) is 11.8 Å². The first-order valence-corrected chi connectivity index (χ1v) is 16.1. The third kappa shape index (κ3) is 9.32. The van der Waals surface area contributed by atoms with Crippen molar-refractivity contribution < 1.29 is 33.5 Å². The lowest BCUT2D eigenvalue weighted by Gasteiger charge is -2.35. The average Bonchev–Trinajstić information content (AvgIpc) is 3.38. The number of carbonyl (C=O) groups excluding carboxylic acids is 3. The van der Waals surface area contributed by atoms with Crippen molar-refractivity contribution in [1.29, 1.82) is 0 Å². The smallest absolute Gasteiger partial charge is 0.321 e. The molecular weight excluding hydrogens is 602 g/mol. The molecule has 3 N–H and O–H groups in total. The normalized spacial score (nSPS) is 19.9. The molecule has 3 aromatic rings. The summed E-state index contributed by atoms with van der Waals surface area (Å²) in [6.07, 6.45) is 1.77. The van der Waals surface area contributed by atoms with E-state index in [1.54, 1.807) is 80.1 Å². The molecule has 0 saturated heterocycles. The molecule has 0 saturated carbocycles. The van der Waals surface area contributed by atoms with Crippen LogP contribution in [0.3, 0.4) is 0 Å². The Kier molecular flexibility index (Phi) is 12.4. The summed E-state index contributed by atoms with van der Waals surface area (Å²) in [7, 11) is 1.69. The molecule has 254 valence electrons. The van der Waals surface area contributed by atoms with Gasteiger partial charge in [0.1, 0.15) is 17.1 Å². The maximum atomic E-state index is 14.3. The Morgan fingerprint density at radius 1 is 1.11 bits per heavy atom. The van der Waals surface area contributed by atoms with Gasteiger partial charge >= 0.3 is 6.03 Å². The van der Waals surface area contributed by atoms with E-state index in [0.717, 1.165) is 19.3 Å². The maximum Gasteiger partial charge on any atom is 0.321 e. The summed E-state index contributed by atoms with van der Waals surface area (Å²) >= 11 is 0. The highest BCUT2D eigenvalue weighted by Gasteiger charge is 2.31. The molecule has 0 spiro atoms. The molecule has 0 bridgehead atoms. The number of hydrogen-bond donors (Lipinski definition) is 3. The molecule has 47 heavy (non-hydrogen) atoms. The first kappa shape index (κ1) is 35.4. The molecule has 1 aliphatic rings. The van der Waals surface area contributed by atoms with Gasteiger partial charge in [-0.25, -0.2) is 4.79 Å². The Morgan fingerprint density at radius 2 is 1.85 bits per heavy atom. The van der Waals surface area contributed by atoms with E-state index in [-0.39, 0.29) is 55.1 Å². The third-order valence-electron chi connectivity index (χ3n) is 8.41. The number of nitrogens with zero attached hydrogens (tertiary/aromatic N) is 3. The number of aliphatic hydroxyl groups is 1. The number of fused-ring (bicyclic) bond motifs is 1. The Hall–Kier alpha value is -4.42. The molecule has 4 atom stereocenters. The summed E-state index contributed by atoms with van der Waals surface area (Å²) in [4.78, 5) is 43.6. The molecule has 2 aromatic carbocycles. The van der Waals surface area contributed by atoms with Crippen molar-refractivity contribution in [1.82, 2.24) is 15.0 Å². The molecule has 0 aliphatic carbocycles. The van der Waals surface area contributed by atoms with E-state index in [9.17, 15) is 19.5 Å². The van der Waals surface area contributed by atoms with Crippen LogP contribution in [0.2, 0.25) is 0 Å². The van der Waals surface area contributed by atoms with E-state index in [2.05, 4.69) is 15.8 Å². The number of benzene rings is 2. The average molecular weight is 650 g/mol. The van der Waals surface area contributed by atoms with Gasteiger partial charge in [0.05, 0.1) is 30.4 Å². The number of aliphatic hydroxyl groups excluding tert-OH is 1. The topological polar surface area (TPSA) is 146 Å². The quantitative estimate of drug-likeness (QED) is 0.304. The molecule has 1 aliphatic heterocycles. The van der Waals surface area contributed by atoms with Crippen LogP contribution in [0.4, 0.5) is 16.2 Å². The Bertz CT molecular complexity index is 1490. The van der Waals surface area contributed by atoms with Crippen molar-refractivity contribution in [2.24, 2.45) is 5.92 Å². The first-order chi connectivity index (χ1) is 22.5. The van der Waals surface area contributed by atoms with Crippen LogP contribution in [0, 0.1) is 19.8 Å². The van der Waals surface area contributed by atoms with Gasteiger partial charge in [0.2, 0.25) is 0 Å². The predicted octanol–water partition coefficient (Wildman–Crippen LogP) is 5.50. The minimum atomic E-state index is -0.535. The van der Waals surface area contributed by atoms with Crippen LogP contribution in [0.5, 0.6) is 5.75 Å². The summed E-state index contributed by atoms with van der Waals surface area (Å²) in [6, 6.07) is 13.0. The monoisotopic (exact) mass is 649 g/mol. The molecule has 2 heterocycles. The van der Waals surface area contributed by atoms with E-state index < -0.39 is 12.1 Å². The zero-order valence-electron chi connectivity index (χ0n) is 28.1. The largest absolute Gasteiger partial charge is 0.490 e. The number of aromatic nitrogens is 1. The number of likely N-dealkylation sites (N-methyl/N-ethyl adjacent to an activating group) is 1. The van der Waals surface area contributed by atoms with E-state index in [1.165, 1.54) is 0 Å². The molecule has 12 heteroatoms. The van der Waals surface area contributed by atoms with E-state index >= 15 is 0 Å². The Labute approximate surface area is 276 Å². The van der Waals surface area contributed by atoms with Crippen molar-refractivity contribution in [2.45, 2.75) is 72.1 Å². The van der Waals surface area contributed by atoms with Crippen molar-refractivity contribution in [3.05, 3.63) is 71.1 Å². The summed E-state index contributed by atoms with van der Waals surface area (Å²) in [6.45, 7) is 9.90. The number of hydrogen-bond acceptors (Lipinski definition) is 8. The second-order valence-corrected chi connectivity index (χ2v) is 12.3. The van der Waals surface area contributed by atoms with Gasteiger partial charge in [-0.05, 0) is 77.3 Å². The van der Waals surface area contributed by atoms with E-state index in [1.807, 2.05) is 19.9 Å². The fourth-order valence-corrected chi connectivity index (χ4v) is 5.47. The number of ether oxygens (including phenoxy) is 2. The van der Waals surface area contributed by atoms with Gasteiger partial charge in [0.15, 0.2) is 5.76 Å². The molecule has 1 aromatic heterocycles. The van der Waals surface area contributed by atoms with Crippen LogP contribution in [0.1, 0.15) is 72.2 Å². The van der Waals surface area contributed by atoms with E-state index in [0.29, 0.717) is 40.7 Å². The molecule has 4 rings (SSSR count). The highest BCUT2D eigenvalue weighted by Crippen LogP contribution is 2.29. The van der Waals surface area contributed by atoms with Gasteiger partial charge in [-0.3, -0.25) is 9.59 Å². The lowest BCUT2D eigenvalue weighted by Crippen LogP contribution is -2.48. The third-order valence-corrected chi connectivity index (χ3v) is 8.41. The number of urea groups is 1. The number of anilines is 2. The number of carbonyl (C=O) groups is 3. The summed E-state index contributed by atoms with van der Waals surface area (Å²) in [5, 5.41) is 19.9. The highest BCUT2D eigenvalue weighted by atomic mass is 16.5. The maximum absolute atomic E-state index is 14.3. The SMILES string of the molecule is Cc1noc(C)c1NC(=O)N(C)C[C@@H]1OCCCC[C@H](C)Oc2ccc(NC(=O)c3ccccc3)cc2C(=O)N([C@@H](C)CO)C[C@@H]1C. The standard InChI is InChI=1S/C35H47N5O7/c1-22-19-40(23(2)21-41)34(43)29-18-28(36-33(42)27-13-8-7-9-14-27)15-16-30(29)46-24(3)12-10-11-17-45-31(22)20-39(6)35(44)37-32-25(4)38-47-26(32)5/h7-9,13-16,18,22-24,31,41H,10-12,17,19-21H2,1-6H3,(H,36,42)(H,37,44)/t22-,23-,24-,31-/m0/s1. The zero-order chi connectivity index (χ0) is 34.1. The number of amides is 4. The highest BCUT2D eigenvalue weighted by molar-refractivity contribution is 6.05. The molecule has 12 nitrogen and oxygen atoms in total. The van der Waals surface area contributed by atoms with E-state index in [4.69, 9.17) is 14.0 Å². The Morgan fingerprint density at radius 3 is 2.53 bits per heavy atom. The lowest BCUT2D eigenvalue weighted by molar-refractivity contribution is -0.0115. The fraction of sp³-hybridized carbons (Fsp3) is 0.486. The number of aryl methyl sites for hydroxylation is 2. The van der Waals surface area contributed by atoms with Crippen LogP contribution < -0.4 is 15.4 Å². The van der Waals surface area contributed by atoms with Crippen molar-refractivity contribution in [2.75, 3.05) is 44.0 Å². The minimum absolute atomic E-state index is 0.188. The van der Waals surface area contributed by atoms with Crippen molar-refractivity contribution >= 4 is 29.2 Å². The van der Waals surface area contributed by atoms with Crippen LogP contribution in [0.25, 0.3) is 0 Å². The second kappa shape index (κ2) is 16.4. The summed E-state index contributed by atoms with van der Waals surface area (Å²) < 4.78 is 17.8. The van der Waals surface area contributed by atoms with Gasteiger partial charge in [-0.2, -0.15) is 0 Å². The summed E-state index contributed by atoms with van der Waals surface area (Å²) in [5.74, 6) is 0.0416. The molecule has 4 amide bonds. The molecular formula is C35H47N5O7. The number of rotatable bonds is 7. The van der Waals surface area contributed by atoms with Crippen LogP contribution in [-0.2, 0) is 4.74 Å². The lowest BCUT2D eigenvalue weighted by atomic mass is 10.0. The van der Waals surface area contributed by atoms with Gasteiger partial charge in [0, 0.05) is 43.9 Å². The predicted molar refractivity (Wildman–Crippen MR) is 179 cm³/mol. The fourth-order valence-electron chi connectivity index (χ4n) is 5.47. The zero-order valence-corrected chi connectivity index (χ0v) is 28.1. The van der Waals surface area contributed by atoms with Crippen LogP contribution >= 0.6 is 0 Å². The molecule has 0 radical (unpaired) electrons. The second-order valence-electron chi connectivity index (χ2n) is 12.3. The van der Waals surface area contributed by atoms with Gasteiger partial charge in [-0.15, -0.1) is 0 Å². The van der Waals surface area contributed by atoms with Crippen LogP contribution in [-0.4, -0.2) is 89.5 Å².